The third-order valence-corrected chi connectivity index (χ3v) is 2.95. The van der Waals surface area contributed by atoms with Crippen molar-refractivity contribution in [3.8, 4) is 0 Å². The Morgan fingerprint density at radius 2 is 2.07 bits per heavy atom. The number of ether oxygens (including phenoxy) is 1. The second kappa shape index (κ2) is 9.13. The molecule has 1 atom stereocenters. The first kappa shape index (κ1) is 12.9. The van der Waals surface area contributed by atoms with Crippen molar-refractivity contribution in [1.82, 2.24) is 5.32 Å². The van der Waals surface area contributed by atoms with E-state index in [1.165, 1.54) is 25.7 Å². The number of aliphatic hydroxyl groups is 1. The topological polar surface area (TPSA) is 41.5 Å². The molecule has 0 aliphatic carbocycles. The first-order chi connectivity index (χ1) is 7.43. The third kappa shape index (κ3) is 6.88. The lowest BCUT2D eigenvalue weighted by molar-refractivity contribution is 0.0549. The van der Waals surface area contributed by atoms with E-state index >= 15 is 0 Å². The lowest BCUT2D eigenvalue weighted by Crippen LogP contribution is -2.29. The number of nitrogens with one attached hydrogen (secondary N) is 1. The summed E-state index contributed by atoms with van der Waals surface area (Å²) in [4.78, 5) is 0. The van der Waals surface area contributed by atoms with Gasteiger partial charge in [-0.3, -0.25) is 0 Å². The van der Waals surface area contributed by atoms with Gasteiger partial charge in [-0.25, -0.2) is 0 Å². The Labute approximate surface area is 93.2 Å². The molecule has 1 aliphatic heterocycles. The van der Waals surface area contributed by atoms with Gasteiger partial charge in [0.05, 0.1) is 6.61 Å². The fourth-order valence-electron chi connectivity index (χ4n) is 1.99. The van der Waals surface area contributed by atoms with Gasteiger partial charge in [0.1, 0.15) is 0 Å². The normalized spacial score (nSPS) is 21.8. The number of hydrogen-bond acceptors (Lipinski definition) is 3. The van der Waals surface area contributed by atoms with E-state index in [0.717, 1.165) is 45.1 Å². The Morgan fingerprint density at radius 1 is 1.20 bits per heavy atom. The van der Waals surface area contributed by atoms with E-state index < -0.39 is 0 Å². The summed E-state index contributed by atoms with van der Waals surface area (Å²) in [5.41, 5.74) is 0. The molecule has 0 bridgehead atoms. The molecular weight excluding hydrogens is 190 g/mol. The van der Waals surface area contributed by atoms with Gasteiger partial charge >= 0.3 is 0 Å². The van der Waals surface area contributed by atoms with Crippen LogP contribution in [0.3, 0.4) is 0 Å². The van der Waals surface area contributed by atoms with Gasteiger partial charge in [-0.2, -0.15) is 0 Å². The summed E-state index contributed by atoms with van der Waals surface area (Å²) in [6.07, 6.45) is 7.11. The highest BCUT2D eigenvalue weighted by Crippen LogP contribution is 2.12. The zero-order valence-electron chi connectivity index (χ0n) is 9.71. The van der Waals surface area contributed by atoms with Crippen LogP contribution < -0.4 is 5.32 Å². The Morgan fingerprint density at radius 3 is 2.80 bits per heavy atom. The summed E-state index contributed by atoms with van der Waals surface area (Å²) in [5.74, 6) is 0.733. The maximum Gasteiger partial charge on any atom is 0.0506 e. The third-order valence-electron chi connectivity index (χ3n) is 2.95. The lowest BCUT2D eigenvalue weighted by atomic mass is 10.0. The van der Waals surface area contributed by atoms with E-state index in [0.29, 0.717) is 6.61 Å². The summed E-state index contributed by atoms with van der Waals surface area (Å²) in [6.45, 7) is 4.46. The SMILES string of the molecule is OCCCCCCNCC1CCCOC1. The van der Waals surface area contributed by atoms with Crippen molar-refractivity contribution < 1.29 is 9.84 Å². The summed E-state index contributed by atoms with van der Waals surface area (Å²) in [7, 11) is 0. The molecule has 0 aromatic carbocycles. The molecule has 1 rings (SSSR count). The highest BCUT2D eigenvalue weighted by atomic mass is 16.5. The second-order valence-corrected chi connectivity index (χ2v) is 4.43. The van der Waals surface area contributed by atoms with Gasteiger partial charge in [0, 0.05) is 19.8 Å². The van der Waals surface area contributed by atoms with Crippen molar-refractivity contribution >= 4 is 0 Å². The van der Waals surface area contributed by atoms with Crippen molar-refractivity contribution in [1.29, 1.82) is 0 Å². The molecule has 0 amide bonds. The Bertz CT molecular complexity index is 136. The molecule has 3 heteroatoms. The molecule has 15 heavy (non-hydrogen) atoms. The second-order valence-electron chi connectivity index (χ2n) is 4.43. The molecule has 3 nitrogen and oxygen atoms in total. The van der Waals surface area contributed by atoms with Crippen LogP contribution in [0.5, 0.6) is 0 Å². The molecule has 1 aliphatic rings. The molecule has 0 radical (unpaired) electrons. The Kier molecular flexibility index (Phi) is 7.88. The van der Waals surface area contributed by atoms with Crippen molar-refractivity contribution in [2.45, 2.75) is 38.5 Å². The van der Waals surface area contributed by atoms with Gasteiger partial charge in [0.2, 0.25) is 0 Å². The van der Waals surface area contributed by atoms with Gasteiger partial charge in [0.25, 0.3) is 0 Å². The molecule has 0 spiro atoms. The number of aliphatic hydroxyl groups excluding tert-OH is 1. The highest BCUT2D eigenvalue weighted by Gasteiger charge is 2.12. The molecule has 0 saturated carbocycles. The minimum absolute atomic E-state index is 0.340. The predicted octanol–water partition coefficient (Wildman–Crippen LogP) is 1.56. The van der Waals surface area contributed by atoms with Crippen LogP contribution in [0.25, 0.3) is 0 Å². The molecule has 1 heterocycles. The largest absolute Gasteiger partial charge is 0.396 e. The molecule has 1 unspecified atom stereocenters. The van der Waals surface area contributed by atoms with Crippen molar-refractivity contribution in [3.05, 3.63) is 0 Å². The number of hydrogen-bond donors (Lipinski definition) is 2. The minimum atomic E-state index is 0.340. The Balaban J connectivity index is 1.79. The maximum absolute atomic E-state index is 8.61. The van der Waals surface area contributed by atoms with E-state index in [-0.39, 0.29) is 0 Å². The molecule has 90 valence electrons. The molecule has 2 N–H and O–H groups in total. The van der Waals surface area contributed by atoms with Crippen LogP contribution in [0.1, 0.15) is 38.5 Å². The quantitative estimate of drug-likeness (QED) is 0.604. The fourth-order valence-corrected chi connectivity index (χ4v) is 1.99. The summed E-state index contributed by atoms with van der Waals surface area (Å²) in [5, 5.41) is 12.1. The smallest absolute Gasteiger partial charge is 0.0506 e. The van der Waals surface area contributed by atoms with Crippen LogP contribution in [0.2, 0.25) is 0 Å². The fraction of sp³-hybridized carbons (Fsp3) is 1.00. The van der Waals surface area contributed by atoms with Crippen LogP contribution >= 0.6 is 0 Å². The van der Waals surface area contributed by atoms with Crippen LogP contribution in [0.15, 0.2) is 0 Å². The summed E-state index contributed by atoms with van der Waals surface area (Å²) in [6, 6.07) is 0. The molecular formula is C12H25NO2. The van der Waals surface area contributed by atoms with Crippen LogP contribution in [-0.4, -0.2) is 38.0 Å². The maximum atomic E-state index is 8.61. The van der Waals surface area contributed by atoms with Crippen molar-refractivity contribution in [2.75, 3.05) is 32.9 Å². The monoisotopic (exact) mass is 215 g/mol. The first-order valence-corrected chi connectivity index (χ1v) is 6.33. The van der Waals surface area contributed by atoms with E-state index in [9.17, 15) is 0 Å². The standard InChI is InChI=1S/C12H25NO2/c14-8-4-2-1-3-7-13-10-12-6-5-9-15-11-12/h12-14H,1-11H2. The van der Waals surface area contributed by atoms with E-state index in [1.807, 2.05) is 0 Å². The molecule has 0 aromatic heterocycles. The van der Waals surface area contributed by atoms with Gasteiger partial charge < -0.3 is 15.2 Å². The van der Waals surface area contributed by atoms with Gasteiger partial charge in [0.15, 0.2) is 0 Å². The van der Waals surface area contributed by atoms with Gasteiger partial charge in [-0.15, -0.1) is 0 Å². The van der Waals surface area contributed by atoms with Crippen LogP contribution in [0.4, 0.5) is 0 Å². The average Bonchev–Trinajstić information content (AvgIpc) is 2.29. The van der Waals surface area contributed by atoms with E-state index in [1.54, 1.807) is 0 Å². The van der Waals surface area contributed by atoms with E-state index in [4.69, 9.17) is 9.84 Å². The van der Waals surface area contributed by atoms with Crippen LogP contribution in [0, 0.1) is 5.92 Å². The average molecular weight is 215 g/mol. The lowest BCUT2D eigenvalue weighted by Gasteiger charge is -2.22. The Hall–Kier alpha value is -0.120. The first-order valence-electron chi connectivity index (χ1n) is 6.33. The molecule has 1 saturated heterocycles. The minimum Gasteiger partial charge on any atom is -0.396 e. The van der Waals surface area contributed by atoms with Gasteiger partial charge in [-0.1, -0.05) is 12.8 Å². The molecule has 1 fully saturated rings. The van der Waals surface area contributed by atoms with E-state index in [2.05, 4.69) is 5.32 Å². The number of unbranched alkanes of at least 4 members (excludes halogenated alkanes) is 3. The summed E-state index contributed by atoms with van der Waals surface area (Å²) < 4.78 is 5.42. The molecule has 0 aromatic rings. The highest BCUT2D eigenvalue weighted by molar-refractivity contribution is 4.65. The zero-order valence-corrected chi connectivity index (χ0v) is 9.71. The van der Waals surface area contributed by atoms with Gasteiger partial charge in [-0.05, 0) is 38.1 Å². The van der Waals surface area contributed by atoms with Crippen molar-refractivity contribution in [2.24, 2.45) is 5.92 Å². The predicted molar refractivity (Wildman–Crippen MR) is 62.0 cm³/mol. The van der Waals surface area contributed by atoms with Crippen molar-refractivity contribution in [3.63, 3.8) is 0 Å². The number of rotatable bonds is 8. The summed E-state index contributed by atoms with van der Waals surface area (Å²) >= 11 is 0. The zero-order chi connectivity index (χ0) is 10.8. The van der Waals surface area contributed by atoms with Crippen LogP contribution in [-0.2, 0) is 4.74 Å².